The summed E-state index contributed by atoms with van der Waals surface area (Å²) in [7, 11) is 3.07. The van der Waals surface area contributed by atoms with E-state index < -0.39 is 0 Å². The number of ketones is 1. The normalized spacial score (nSPS) is 30.8. The van der Waals surface area contributed by atoms with Crippen LogP contribution in [0.3, 0.4) is 0 Å². The molecule has 5 nitrogen and oxygen atoms in total. The Morgan fingerprint density at radius 3 is 2.11 bits per heavy atom. The summed E-state index contributed by atoms with van der Waals surface area (Å²) < 4.78 is 15.8. The minimum Gasteiger partial charge on any atom is -0.493 e. The summed E-state index contributed by atoms with van der Waals surface area (Å²) >= 11 is 0. The van der Waals surface area contributed by atoms with Crippen LogP contribution in [-0.4, -0.2) is 32.6 Å². The van der Waals surface area contributed by atoms with Crippen LogP contribution < -0.4 is 9.47 Å². The molecule has 0 saturated heterocycles. The topological polar surface area (TPSA) is 61.8 Å². The monoisotopic (exact) mass is 372 g/mol. The molecule has 0 heterocycles. The van der Waals surface area contributed by atoms with E-state index in [0.29, 0.717) is 23.5 Å². The van der Waals surface area contributed by atoms with Crippen LogP contribution >= 0.6 is 0 Å². The van der Waals surface area contributed by atoms with Gasteiger partial charge in [-0.2, -0.15) is 0 Å². The summed E-state index contributed by atoms with van der Waals surface area (Å²) in [6.07, 6.45) is 8.02. The van der Waals surface area contributed by atoms with Crippen molar-refractivity contribution >= 4 is 11.8 Å². The smallest absolute Gasteiger partial charge is 0.306 e. The highest BCUT2D eigenvalue weighted by molar-refractivity contribution is 5.98. The van der Waals surface area contributed by atoms with Gasteiger partial charge in [0, 0.05) is 5.56 Å². The fourth-order valence-electron chi connectivity index (χ4n) is 6.10. The van der Waals surface area contributed by atoms with Gasteiger partial charge in [-0.3, -0.25) is 9.59 Å². The van der Waals surface area contributed by atoms with Crippen LogP contribution in [0.2, 0.25) is 0 Å². The molecule has 0 atom stereocenters. The number of hydrogen-bond donors (Lipinski definition) is 0. The number of rotatable bonds is 7. The van der Waals surface area contributed by atoms with Crippen molar-refractivity contribution in [1.29, 1.82) is 0 Å². The first-order valence-corrected chi connectivity index (χ1v) is 9.91. The van der Waals surface area contributed by atoms with E-state index in [0.717, 1.165) is 17.8 Å². The first-order valence-electron chi connectivity index (χ1n) is 9.91. The Balaban J connectivity index is 1.34. The van der Waals surface area contributed by atoms with Crippen LogP contribution in [-0.2, 0) is 9.53 Å². The molecule has 0 N–H and O–H groups in total. The largest absolute Gasteiger partial charge is 0.493 e. The first-order chi connectivity index (χ1) is 13.0. The summed E-state index contributed by atoms with van der Waals surface area (Å²) in [6.45, 7) is -0.222. The second-order valence-electron chi connectivity index (χ2n) is 8.75. The van der Waals surface area contributed by atoms with Crippen LogP contribution in [0.5, 0.6) is 11.5 Å². The number of methoxy groups -OCH3 is 2. The molecular formula is C22H28O5. The average Bonchev–Trinajstić information content (AvgIpc) is 2.64. The van der Waals surface area contributed by atoms with E-state index in [9.17, 15) is 9.59 Å². The van der Waals surface area contributed by atoms with Gasteiger partial charge in [-0.1, -0.05) is 0 Å². The molecule has 1 aromatic rings. The highest BCUT2D eigenvalue weighted by Gasteiger charge is 2.51. The fraction of sp³-hybridized carbons (Fsp3) is 0.636. The zero-order chi connectivity index (χ0) is 19.0. The molecule has 0 aromatic heterocycles. The van der Waals surface area contributed by atoms with Gasteiger partial charge in [0.05, 0.1) is 20.6 Å². The molecule has 4 fully saturated rings. The molecule has 4 bridgehead atoms. The maximum Gasteiger partial charge on any atom is 0.306 e. The van der Waals surface area contributed by atoms with E-state index in [1.165, 1.54) is 45.6 Å². The molecule has 4 aliphatic rings. The van der Waals surface area contributed by atoms with Gasteiger partial charge >= 0.3 is 5.97 Å². The van der Waals surface area contributed by atoms with Gasteiger partial charge < -0.3 is 14.2 Å². The first kappa shape index (κ1) is 18.3. The van der Waals surface area contributed by atoms with E-state index >= 15 is 0 Å². The molecule has 5 rings (SSSR count). The minimum absolute atomic E-state index is 0.137. The molecule has 0 amide bonds. The van der Waals surface area contributed by atoms with Crippen LogP contribution in [0.15, 0.2) is 18.2 Å². The van der Waals surface area contributed by atoms with Gasteiger partial charge in [-0.05, 0) is 79.9 Å². The van der Waals surface area contributed by atoms with Gasteiger partial charge in [0.1, 0.15) is 0 Å². The van der Waals surface area contributed by atoms with Gasteiger partial charge in [-0.15, -0.1) is 0 Å². The third-order valence-electron chi connectivity index (χ3n) is 6.75. The van der Waals surface area contributed by atoms with Crippen LogP contribution in [0.4, 0.5) is 0 Å². The zero-order valence-electron chi connectivity index (χ0n) is 16.2. The Hall–Kier alpha value is -2.04. The van der Waals surface area contributed by atoms with Gasteiger partial charge in [0.15, 0.2) is 23.9 Å². The predicted octanol–water partition coefficient (Wildman–Crippen LogP) is 4.04. The Morgan fingerprint density at radius 1 is 0.963 bits per heavy atom. The Morgan fingerprint density at radius 2 is 1.56 bits per heavy atom. The number of carbonyl (C=O) groups excluding carboxylic acids is 2. The summed E-state index contributed by atoms with van der Waals surface area (Å²) in [4.78, 5) is 24.9. The number of benzene rings is 1. The third-order valence-corrected chi connectivity index (χ3v) is 6.75. The molecule has 1 aromatic carbocycles. The lowest BCUT2D eigenvalue weighted by Gasteiger charge is -2.56. The van der Waals surface area contributed by atoms with Crippen molar-refractivity contribution in [3.63, 3.8) is 0 Å². The molecule has 0 aliphatic heterocycles. The van der Waals surface area contributed by atoms with Gasteiger partial charge in [0.2, 0.25) is 0 Å². The Labute approximate surface area is 160 Å². The SMILES string of the molecule is COc1ccc(C(=O)COC(=O)CC23CC4CC(CC(C4)C2)C3)cc1OC. The lowest BCUT2D eigenvalue weighted by molar-refractivity contribution is -0.150. The fourth-order valence-corrected chi connectivity index (χ4v) is 6.10. The van der Waals surface area contributed by atoms with Crippen molar-refractivity contribution in [2.75, 3.05) is 20.8 Å². The highest BCUT2D eigenvalue weighted by Crippen LogP contribution is 2.61. The number of ether oxygens (including phenoxy) is 3. The maximum absolute atomic E-state index is 12.5. The van der Waals surface area contributed by atoms with Crippen LogP contribution in [0.25, 0.3) is 0 Å². The quantitative estimate of drug-likeness (QED) is 0.534. The lowest BCUT2D eigenvalue weighted by Crippen LogP contribution is -2.47. The molecule has 0 unspecified atom stereocenters. The second kappa shape index (κ2) is 7.17. The average molecular weight is 372 g/mol. The van der Waals surface area contributed by atoms with Crippen molar-refractivity contribution in [2.45, 2.75) is 44.9 Å². The number of hydrogen-bond acceptors (Lipinski definition) is 5. The molecule has 5 heteroatoms. The van der Waals surface area contributed by atoms with Gasteiger partial charge in [0.25, 0.3) is 0 Å². The summed E-state index contributed by atoms with van der Waals surface area (Å²) in [5, 5.41) is 0. The summed E-state index contributed by atoms with van der Waals surface area (Å²) in [5.41, 5.74) is 0.591. The van der Waals surface area contributed by atoms with E-state index in [1.54, 1.807) is 25.3 Å². The molecule has 27 heavy (non-hydrogen) atoms. The molecular weight excluding hydrogens is 344 g/mol. The highest BCUT2D eigenvalue weighted by atomic mass is 16.5. The number of esters is 1. The Bertz CT molecular complexity index is 703. The standard InChI is InChI=1S/C22H28O5/c1-25-19-4-3-17(8-20(19)26-2)18(23)13-27-21(24)12-22-9-14-5-15(10-22)7-16(6-14)11-22/h3-4,8,14-16H,5-7,9-13H2,1-2H3. The van der Waals surface area contributed by atoms with Crippen molar-refractivity contribution in [3.8, 4) is 11.5 Å². The molecule has 4 saturated carbocycles. The van der Waals surface area contributed by atoms with E-state index in [2.05, 4.69) is 0 Å². The number of Topliss-reactive ketones (excluding diaryl/α,β-unsaturated/α-hetero) is 1. The minimum atomic E-state index is -0.231. The van der Waals surface area contributed by atoms with Crippen LogP contribution in [0, 0.1) is 23.2 Å². The second-order valence-corrected chi connectivity index (χ2v) is 8.75. The molecule has 0 radical (unpaired) electrons. The van der Waals surface area contributed by atoms with Crippen molar-refractivity contribution < 1.29 is 23.8 Å². The van der Waals surface area contributed by atoms with Crippen molar-refractivity contribution in [2.24, 2.45) is 23.2 Å². The lowest BCUT2D eigenvalue weighted by atomic mass is 9.49. The van der Waals surface area contributed by atoms with E-state index in [4.69, 9.17) is 14.2 Å². The number of carbonyl (C=O) groups is 2. The van der Waals surface area contributed by atoms with Gasteiger partial charge in [-0.25, -0.2) is 0 Å². The van der Waals surface area contributed by atoms with Crippen molar-refractivity contribution in [1.82, 2.24) is 0 Å². The van der Waals surface area contributed by atoms with E-state index in [-0.39, 0.29) is 23.8 Å². The van der Waals surface area contributed by atoms with Crippen molar-refractivity contribution in [3.05, 3.63) is 23.8 Å². The Kier molecular flexibility index (Phi) is 4.87. The predicted molar refractivity (Wildman–Crippen MR) is 100 cm³/mol. The molecule has 0 spiro atoms. The zero-order valence-corrected chi connectivity index (χ0v) is 16.2. The summed E-state index contributed by atoms with van der Waals surface area (Å²) in [6, 6.07) is 4.97. The molecule has 146 valence electrons. The molecule has 4 aliphatic carbocycles. The maximum atomic E-state index is 12.5. The summed E-state index contributed by atoms with van der Waals surface area (Å²) in [5.74, 6) is 3.00. The van der Waals surface area contributed by atoms with Crippen LogP contribution in [0.1, 0.15) is 55.3 Å². The van der Waals surface area contributed by atoms with E-state index in [1.807, 2.05) is 0 Å². The third kappa shape index (κ3) is 3.69.